The SMILES string of the molecule is COCCn1ncc2cc(-n3ccn(-c4c5c(nn4-c4cc(C)c(F)c(C)c4)CCN(C(=O)OC(C)(C)C)[C@H]5C)c3=O)c(F)cc21. The summed E-state index contributed by atoms with van der Waals surface area (Å²) in [6, 6.07) is 5.74. The second-order valence-electron chi connectivity index (χ2n) is 12.6. The number of benzene rings is 2. The van der Waals surface area contributed by atoms with Crippen molar-refractivity contribution in [2.75, 3.05) is 20.3 Å². The van der Waals surface area contributed by atoms with Gasteiger partial charge in [0.25, 0.3) is 0 Å². The van der Waals surface area contributed by atoms with Gasteiger partial charge in [0, 0.05) is 49.5 Å². The number of carbonyl (C=O) groups is 1. The predicted octanol–water partition coefficient (Wildman–Crippen LogP) is 5.56. The average Bonchev–Trinajstić information content (AvgIpc) is 3.68. The van der Waals surface area contributed by atoms with Gasteiger partial charge in [0.1, 0.15) is 23.1 Å². The fourth-order valence-electron chi connectivity index (χ4n) is 6.03. The summed E-state index contributed by atoms with van der Waals surface area (Å²) in [5.41, 5.74) is 2.11. The minimum absolute atomic E-state index is 0.0550. The van der Waals surface area contributed by atoms with Gasteiger partial charge in [-0.1, -0.05) is 0 Å². The highest BCUT2D eigenvalue weighted by molar-refractivity contribution is 5.81. The molecule has 1 atom stereocenters. The molecule has 0 spiro atoms. The van der Waals surface area contributed by atoms with E-state index in [-0.39, 0.29) is 11.5 Å². The lowest BCUT2D eigenvalue weighted by Gasteiger charge is -2.34. The summed E-state index contributed by atoms with van der Waals surface area (Å²) in [7, 11) is 1.58. The van der Waals surface area contributed by atoms with E-state index in [4.69, 9.17) is 14.6 Å². The monoisotopic (exact) mass is 633 g/mol. The lowest BCUT2D eigenvalue weighted by Crippen LogP contribution is -2.42. The molecule has 0 fully saturated rings. The highest BCUT2D eigenvalue weighted by Gasteiger charge is 2.37. The Labute approximate surface area is 264 Å². The molecule has 0 bridgehead atoms. The topological polar surface area (TPSA) is 101 Å². The number of methoxy groups -OCH3 is 1. The Hall–Kier alpha value is -4.78. The number of fused-ring (bicyclic) bond motifs is 2. The van der Waals surface area contributed by atoms with Gasteiger partial charge in [-0.3, -0.25) is 13.8 Å². The number of hydrogen-bond acceptors (Lipinski definition) is 6. The van der Waals surface area contributed by atoms with Crippen LogP contribution in [0.15, 0.2) is 47.7 Å². The molecule has 13 heteroatoms. The molecule has 0 aliphatic carbocycles. The predicted molar refractivity (Wildman–Crippen MR) is 168 cm³/mol. The summed E-state index contributed by atoms with van der Waals surface area (Å²) in [5, 5.41) is 9.89. The van der Waals surface area contributed by atoms with Crippen molar-refractivity contribution >= 4 is 17.0 Å². The Balaban J connectivity index is 1.51. The van der Waals surface area contributed by atoms with E-state index in [9.17, 15) is 14.0 Å². The average molecular weight is 634 g/mol. The van der Waals surface area contributed by atoms with Crippen molar-refractivity contribution in [2.45, 2.75) is 66.2 Å². The van der Waals surface area contributed by atoms with Crippen molar-refractivity contribution < 1.29 is 23.0 Å². The van der Waals surface area contributed by atoms with Gasteiger partial charge in [-0.25, -0.2) is 23.1 Å². The van der Waals surface area contributed by atoms with Crippen LogP contribution in [0, 0.1) is 25.5 Å². The lowest BCUT2D eigenvalue weighted by molar-refractivity contribution is 0.0159. The maximum atomic E-state index is 15.6. The van der Waals surface area contributed by atoms with Gasteiger partial charge >= 0.3 is 11.8 Å². The molecule has 3 aromatic heterocycles. The Bertz CT molecular complexity index is 2010. The van der Waals surface area contributed by atoms with Crippen LogP contribution in [0.4, 0.5) is 13.6 Å². The van der Waals surface area contributed by atoms with Crippen LogP contribution in [0.3, 0.4) is 0 Å². The Morgan fingerprint density at radius 2 is 1.76 bits per heavy atom. The molecule has 0 saturated heterocycles. The number of ether oxygens (including phenoxy) is 2. The van der Waals surface area contributed by atoms with E-state index in [0.717, 1.165) is 0 Å². The molecule has 1 amide bonds. The summed E-state index contributed by atoms with van der Waals surface area (Å²) in [6.45, 7) is 11.8. The molecule has 1 aliphatic heterocycles. The molecule has 46 heavy (non-hydrogen) atoms. The summed E-state index contributed by atoms with van der Waals surface area (Å²) in [5.74, 6) is -0.554. The molecule has 0 N–H and O–H groups in total. The summed E-state index contributed by atoms with van der Waals surface area (Å²) in [4.78, 5) is 29.1. The van der Waals surface area contributed by atoms with Gasteiger partial charge in [0.2, 0.25) is 0 Å². The van der Waals surface area contributed by atoms with Crippen LogP contribution >= 0.6 is 0 Å². The number of nitrogens with zero attached hydrogens (tertiary/aromatic N) is 7. The zero-order chi connectivity index (χ0) is 33.1. The largest absolute Gasteiger partial charge is 0.444 e. The van der Waals surface area contributed by atoms with E-state index in [1.165, 1.54) is 21.4 Å². The zero-order valence-electron chi connectivity index (χ0n) is 27.0. The van der Waals surface area contributed by atoms with Gasteiger partial charge in [0.05, 0.1) is 48.0 Å². The molecule has 0 saturated carbocycles. The number of amides is 1. The molecule has 242 valence electrons. The van der Waals surface area contributed by atoms with Crippen molar-refractivity contribution in [3.8, 4) is 17.2 Å². The Morgan fingerprint density at radius 1 is 1.07 bits per heavy atom. The highest BCUT2D eigenvalue weighted by atomic mass is 19.1. The number of aromatic nitrogens is 6. The number of aryl methyl sites for hydroxylation is 2. The molecular formula is C33H37F2N7O4. The van der Waals surface area contributed by atoms with E-state index < -0.39 is 29.2 Å². The Kier molecular flexibility index (Phi) is 7.83. The quantitative estimate of drug-likeness (QED) is 0.243. The summed E-state index contributed by atoms with van der Waals surface area (Å²) >= 11 is 0. The molecule has 5 aromatic rings. The van der Waals surface area contributed by atoms with E-state index >= 15 is 4.39 Å². The molecule has 11 nitrogen and oxygen atoms in total. The molecule has 0 unspecified atom stereocenters. The van der Waals surface area contributed by atoms with Crippen molar-refractivity contribution in [3.63, 3.8) is 0 Å². The maximum Gasteiger partial charge on any atom is 0.410 e. The minimum Gasteiger partial charge on any atom is -0.444 e. The number of imidazole rings is 1. The molecule has 4 heterocycles. The third-order valence-electron chi connectivity index (χ3n) is 8.22. The van der Waals surface area contributed by atoms with Crippen molar-refractivity contribution in [1.29, 1.82) is 0 Å². The first kappa shape index (κ1) is 31.2. The van der Waals surface area contributed by atoms with Gasteiger partial charge in [0.15, 0.2) is 0 Å². The van der Waals surface area contributed by atoms with E-state index in [1.807, 2.05) is 6.92 Å². The third kappa shape index (κ3) is 5.38. The normalized spacial score (nSPS) is 15.1. The first-order valence-electron chi connectivity index (χ1n) is 15.1. The van der Waals surface area contributed by atoms with Crippen LogP contribution in [0.1, 0.15) is 56.1 Å². The summed E-state index contributed by atoms with van der Waals surface area (Å²) in [6.07, 6.45) is 4.58. The van der Waals surface area contributed by atoms with Crippen molar-refractivity contribution in [3.05, 3.63) is 87.4 Å². The van der Waals surface area contributed by atoms with Gasteiger partial charge < -0.3 is 14.4 Å². The smallest absolute Gasteiger partial charge is 0.410 e. The van der Waals surface area contributed by atoms with Crippen LogP contribution in [0.2, 0.25) is 0 Å². The lowest BCUT2D eigenvalue weighted by atomic mass is 10.00. The molecule has 1 aliphatic rings. The van der Waals surface area contributed by atoms with Crippen LogP contribution in [0.25, 0.3) is 28.1 Å². The standard InChI is InChI=1S/C33H37F2N7O4/c1-19-14-23(15-20(2)29(19)35)42-30(28-21(3)38(9-8-25(28)37-42)32(44)46-33(4,5)6)40-11-10-39(31(40)43)27-16-22-18-36-41(12-13-45-7)26(22)17-24(27)34/h10-11,14-18,21H,8-9,12-13H2,1-7H3/t21-/m0/s1. The van der Waals surface area contributed by atoms with Crippen LogP contribution in [-0.2, 0) is 22.4 Å². The van der Waals surface area contributed by atoms with E-state index in [0.29, 0.717) is 70.9 Å². The number of carbonyl (C=O) groups excluding carboxylic acids is 1. The minimum atomic E-state index is -0.702. The van der Waals surface area contributed by atoms with Gasteiger partial charge in [-0.2, -0.15) is 10.2 Å². The number of rotatable bonds is 6. The van der Waals surface area contributed by atoms with Gasteiger partial charge in [-0.15, -0.1) is 0 Å². The first-order valence-corrected chi connectivity index (χ1v) is 15.1. The Morgan fingerprint density at radius 3 is 2.43 bits per heavy atom. The van der Waals surface area contributed by atoms with Crippen molar-refractivity contribution in [1.82, 2.24) is 33.6 Å². The molecular weight excluding hydrogens is 596 g/mol. The fourth-order valence-corrected chi connectivity index (χ4v) is 6.03. The van der Waals surface area contributed by atoms with Gasteiger partial charge in [-0.05, 0) is 70.9 Å². The first-order chi connectivity index (χ1) is 21.8. The molecule has 6 rings (SSSR count). The fraction of sp³-hybridized carbons (Fsp3) is 0.394. The number of halogens is 2. The van der Waals surface area contributed by atoms with Crippen LogP contribution in [-0.4, -0.2) is 65.6 Å². The van der Waals surface area contributed by atoms with E-state index in [2.05, 4.69) is 5.10 Å². The molecule has 0 radical (unpaired) electrons. The highest BCUT2D eigenvalue weighted by Crippen LogP contribution is 2.36. The summed E-state index contributed by atoms with van der Waals surface area (Å²) < 4.78 is 47.0. The van der Waals surface area contributed by atoms with E-state index in [1.54, 1.807) is 86.6 Å². The second-order valence-corrected chi connectivity index (χ2v) is 12.6. The zero-order valence-corrected chi connectivity index (χ0v) is 27.0. The second kappa shape index (κ2) is 11.5. The maximum absolute atomic E-state index is 15.6. The van der Waals surface area contributed by atoms with Crippen LogP contribution in [0.5, 0.6) is 0 Å². The van der Waals surface area contributed by atoms with Crippen molar-refractivity contribution in [2.24, 2.45) is 0 Å². The van der Waals surface area contributed by atoms with Crippen LogP contribution < -0.4 is 5.69 Å². The third-order valence-corrected chi connectivity index (χ3v) is 8.22. The molecule has 2 aromatic carbocycles. The number of hydrogen-bond donors (Lipinski definition) is 0.